The molecule has 0 unspecified atom stereocenters. The molecule has 5 heteroatoms. The Morgan fingerprint density at radius 3 is 2.12 bits per heavy atom. The predicted octanol–water partition coefficient (Wildman–Crippen LogP) is 3.59. The zero-order valence-corrected chi connectivity index (χ0v) is 13.4. The van der Waals surface area contributed by atoms with Crippen molar-refractivity contribution in [2.45, 2.75) is 0 Å². The average Bonchev–Trinajstić information content (AvgIpc) is 2.60. The molecule has 0 bridgehead atoms. The number of aliphatic hydroxyl groups is 1. The molecule has 0 aliphatic rings. The fraction of sp³-hybridized carbons (Fsp3) is 0.105. The molecular weight excluding hydrogens is 308 g/mol. The van der Waals surface area contributed by atoms with Crippen molar-refractivity contribution >= 4 is 17.6 Å². The molecule has 0 heterocycles. The van der Waals surface area contributed by atoms with Crippen LogP contribution in [0.4, 0.5) is 0 Å². The summed E-state index contributed by atoms with van der Waals surface area (Å²) in [6.07, 6.45) is 4.05. The third kappa shape index (κ3) is 4.64. The third-order valence-corrected chi connectivity index (χ3v) is 3.26. The lowest BCUT2D eigenvalue weighted by atomic mass is 10.1. The second-order valence-corrected chi connectivity index (χ2v) is 4.96. The van der Waals surface area contributed by atoms with Crippen LogP contribution < -0.4 is 9.47 Å². The maximum Gasteiger partial charge on any atom is 0.182 e. The van der Waals surface area contributed by atoms with Crippen molar-refractivity contribution in [1.29, 1.82) is 0 Å². The van der Waals surface area contributed by atoms with Gasteiger partial charge in [0.2, 0.25) is 0 Å². The summed E-state index contributed by atoms with van der Waals surface area (Å²) in [7, 11) is 3.09. The van der Waals surface area contributed by atoms with Gasteiger partial charge in [-0.15, -0.1) is 0 Å². The molecular formula is C19H18O5. The summed E-state index contributed by atoms with van der Waals surface area (Å²) in [6.45, 7) is 0. The van der Waals surface area contributed by atoms with Gasteiger partial charge in [-0.25, -0.2) is 0 Å². The lowest BCUT2D eigenvalue weighted by Gasteiger charge is -2.05. The molecule has 0 amide bonds. The third-order valence-electron chi connectivity index (χ3n) is 3.26. The van der Waals surface area contributed by atoms with Crippen LogP contribution in [-0.2, 0) is 4.79 Å². The number of hydrogen-bond acceptors (Lipinski definition) is 5. The Morgan fingerprint density at radius 2 is 1.58 bits per heavy atom. The zero-order valence-electron chi connectivity index (χ0n) is 13.4. The first-order chi connectivity index (χ1) is 11.5. The minimum absolute atomic E-state index is 0.0877. The Kier molecular flexibility index (Phi) is 5.63. The first-order valence-corrected chi connectivity index (χ1v) is 7.17. The maximum absolute atomic E-state index is 11.9. The van der Waals surface area contributed by atoms with Crippen LogP contribution in [0.15, 0.2) is 54.6 Å². The first kappa shape index (κ1) is 17.1. The summed E-state index contributed by atoms with van der Waals surface area (Å²) < 4.78 is 10.3. The van der Waals surface area contributed by atoms with Crippen molar-refractivity contribution in [2.75, 3.05) is 14.2 Å². The average molecular weight is 326 g/mol. The number of allylic oxidation sites excluding steroid dienone is 2. The van der Waals surface area contributed by atoms with Gasteiger partial charge < -0.3 is 19.7 Å². The van der Waals surface area contributed by atoms with E-state index in [0.29, 0.717) is 17.1 Å². The smallest absolute Gasteiger partial charge is 0.182 e. The summed E-state index contributed by atoms with van der Waals surface area (Å²) in [4.78, 5) is 11.9. The second kappa shape index (κ2) is 7.87. The molecule has 2 N–H and O–H groups in total. The molecule has 0 saturated heterocycles. The number of carbonyl (C=O) groups is 1. The van der Waals surface area contributed by atoms with Gasteiger partial charge in [0.05, 0.1) is 14.2 Å². The molecule has 0 fully saturated rings. The van der Waals surface area contributed by atoms with Gasteiger partial charge in [0.25, 0.3) is 0 Å². The Bertz CT molecular complexity index is 751. The Morgan fingerprint density at radius 1 is 1.00 bits per heavy atom. The fourth-order valence-corrected chi connectivity index (χ4v) is 2.00. The highest BCUT2D eigenvalue weighted by atomic mass is 16.5. The molecule has 5 nitrogen and oxygen atoms in total. The number of carbonyl (C=O) groups excluding carboxylic acids is 1. The molecule has 0 radical (unpaired) electrons. The predicted molar refractivity (Wildman–Crippen MR) is 92.3 cm³/mol. The van der Waals surface area contributed by atoms with Crippen molar-refractivity contribution in [3.8, 4) is 17.2 Å². The van der Waals surface area contributed by atoms with Crippen molar-refractivity contribution < 1.29 is 24.5 Å². The topological polar surface area (TPSA) is 76.0 Å². The van der Waals surface area contributed by atoms with E-state index in [1.807, 2.05) is 0 Å². The maximum atomic E-state index is 11.9. The number of aliphatic hydroxyl groups excluding tert-OH is 1. The number of ketones is 1. The van der Waals surface area contributed by atoms with E-state index in [1.54, 1.807) is 38.5 Å². The van der Waals surface area contributed by atoms with Crippen molar-refractivity contribution in [2.24, 2.45) is 0 Å². The molecule has 0 saturated carbocycles. The van der Waals surface area contributed by atoms with Gasteiger partial charge in [0, 0.05) is 17.7 Å². The van der Waals surface area contributed by atoms with Gasteiger partial charge >= 0.3 is 0 Å². The molecule has 0 atom stereocenters. The van der Waals surface area contributed by atoms with Crippen LogP contribution in [0.2, 0.25) is 0 Å². The van der Waals surface area contributed by atoms with Gasteiger partial charge in [-0.3, -0.25) is 4.79 Å². The van der Waals surface area contributed by atoms with Crippen LogP contribution in [0.25, 0.3) is 11.8 Å². The molecule has 2 aromatic carbocycles. The largest absolute Gasteiger partial charge is 0.508 e. The van der Waals surface area contributed by atoms with Crippen molar-refractivity contribution in [1.82, 2.24) is 0 Å². The fourth-order valence-electron chi connectivity index (χ4n) is 2.00. The molecule has 0 aliphatic carbocycles. The number of methoxy groups -OCH3 is 2. The monoisotopic (exact) mass is 326 g/mol. The minimum Gasteiger partial charge on any atom is -0.508 e. The molecule has 2 rings (SSSR count). The van der Waals surface area contributed by atoms with E-state index in [2.05, 4.69) is 0 Å². The molecule has 0 aromatic heterocycles. The van der Waals surface area contributed by atoms with E-state index in [-0.39, 0.29) is 17.3 Å². The second-order valence-electron chi connectivity index (χ2n) is 4.96. The first-order valence-electron chi connectivity index (χ1n) is 7.17. The number of benzene rings is 2. The Labute approximate surface area is 140 Å². The van der Waals surface area contributed by atoms with Crippen LogP contribution in [-0.4, -0.2) is 30.2 Å². The van der Waals surface area contributed by atoms with Crippen LogP contribution in [0.1, 0.15) is 11.1 Å². The van der Waals surface area contributed by atoms with Crippen LogP contribution in [0, 0.1) is 0 Å². The number of phenolic OH excluding ortho intramolecular Hbond substituents is 1. The summed E-state index contributed by atoms with van der Waals surface area (Å²) in [6, 6.07) is 11.2. The van der Waals surface area contributed by atoms with Crippen LogP contribution >= 0.6 is 0 Å². The molecule has 2 aromatic rings. The zero-order chi connectivity index (χ0) is 17.5. The standard InChI is InChI=1S/C19H18O5/c1-23-17-9-13(10-18(12-17)24-2)3-6-16(21)11-19(22)14-4-7-15(20)8-5-14/h3-12,20,22H,1-2H3/b6-3+,19-11-. The van der Waals surface area contributed by atoms with E-state index in [1.165, 1.54) is 30.3 Å². The highest BCUT2D eigenvalue weighted by Gasteiger charge is 2.03. The van der Waals surface area contributed by atoms with E-state index >= 15 is 0 Å². The lowest BCUT2D eigenvalue weighted by molar-refractivity contribution is -0.110. The number of rotatable bonds is 6. The number of ether oxygens (including phenoxy) is 2. The molecule has 24 heavy (non-hydrogen) atoms. The van der Waals surface area contributed by atoms with Crippen molar-refractivity contribution in [3.63, 3.8) is 0 Å². The summed E-state index contributed by atoms with van der Waals surface area (Å²) in [5.41, 5.74) is 1.18. The molecule has 124 valence electrons. The quantitative estimate of drug-likeness (QED) is 0.627. The normalized spacial score (nSPS) is 11.5. The van der Waals surface area contributed by atoms with E-state index in [0.717, 1.165) is 11.6 Å². The van der Waals surface area contributed by atoms with Crippen molar-refractivity contribution in [3.05, 3.63) is 65.7 Å². The highest BCUT2D eigenvalue weighted by Crippen LogP contribution is 2.23. The van der Waals surface area contributed by atoms with E-state index < -0.39 is 0 Å². The number of phenols is 1. The van der Waals surface area contributed by atoms with Gasteiger partial charge in [0.15, 0.2) is 5.78 Å². The summed E-state index contributed by atoms with van der Waals surface area (Å²) in [5.74, 6) is 0.771. The number of aromatic hydroxyl groups is 1. The number of hydrogen-bond donors (Lipinski definition) is 2. The summed E-state index contributed by atoms with van der Waals surface area (Å²) in [5, 5.41) is 19.1. The highest BCUT2D eigenvalue weighted by molar-refractivity contribution is 6.05. The lowest BCUT2D eigenvalue weighted by Crippen LogP contribution is -1.91. The van der Waals surface area contributed by atoms with Gasteiger partial charge in [-0.1, -0.05) is 6.08 Å². The molecule has 0 aliphatic heterocycles. The van der Waals surface area contributed by atoms with Gasteiger partial charge in [0.1, 0.15) is 23.0 Å². The van der Waals surface area contributed by atoms with Crippen LogP contribution in [0.5, 0.6) is 17.2 Å². The van der Waals surface area contributed by atoms with Gasteiger partial charge in [-0.2, -0.15) is 0 Å². The van der Waals surface area contributed by atoms with Crippen LogP contribution in [0.3, 0.4) is 0 Å². The van der Waals surface area contributed by atoms with Gasteiger partial charge in [-0.05, 0) is 48.0 Å². The molecule has 0 spiro atoms. The Balaban J connectivity index is 2.15. The van der Waals surface area contributed by atoms with E-state index in [4.69, 9.17) is 9.47 Å². The van der Waals surface area contributed by atoms with E-state index in [9.17, 15) is 15.0 Å². The minimum atomic E-state index is -0.373. The summed E-state index contributed by atoms with van der Waals surface area (Å²) >= 11 is 0. The Hall–Kier alpha value is -3.21. The SMILES string of the molecule is COc1cc(/C=C/C(=O)/C=C(\O)c2ccc(O)cc2)cc(OC)c1.